The van der Waals surface area contributed by atoms with Gasteiger partial charge in [-0.15, -0.1) is 11.3 Å². The van der Waals surface area contributed by atoms with Gasteiger partial charge in [-0.1, -0.05) is 6.07 Å². The van der Waals surface area contributed by atoms with Gasteiger partial charge in [0.05, 0.1) is 0 Å². The quantitative estimate of drug-likeness (QED) is 0.796. The standard InChI is InChI=1S/C12H13NS/c13-7-8-1-4-11-10(5-8)6-12(14-11)9-2-3-9/h1,4-6,9H,2-3,7,13H2. The molecular weight excluding hydrogens is 190 g/mol. The molecule has 0 spiro atoms. The smallest absolute Gasteiger partial charge is 0.0345 e. The molecule has 2 heteroatoms. The van der Waals surface area contributed by atoms with E-state index in [2.05, 4.69) is 24.3 Å². The zero-order valence-electron chi connectivity index (χ0n) is 7.99. The van der Waals surface area contributed by atoms with E-state index in [4.69, 9.17) is 5.73 Å². The van der Waals surface area contributed by atoms with Crippen LogP contribution in [-0.2, 0) is 6.54 Å². The summed E-state index contributed by atoms with van der Waals surface area (Å²) in [5.41, 5.74) is 6.86. The molecule has 0 aliphatic heterocycles. The van der Waals surface area contributed by atoms with Crippen molar-refractivity contribution >= 4 is 21.4 Å². The predicted molar refractivity (Wildman–Crippen MR) is 61.7 cm³/mol. The summed E-state index contributed by atoms with van der Waals surface area (Å²) >= 11 is 1.95. The Morgan fingerprint density at radius 1 is 1.29 bits per heavy atom. The van der Waals surface area contributed by atoms with Crippen molar-refractivity contribution in [2.45, 2.75) is 25.3 Å². The van der Waals surface area contributed by atoms with Gasteiger partial charge in [0.2, 0.25) is 0 Å². The molecule has 1 aromatic carbocycles. The summed E-state index contributed by atoms with van der Waals surface area (Å²) in [6.07, 6.45) is 2.77. The average molecular weight is 203 g/mol. The highest BCUT2D eigenvalue weighted by Gasteiger charge is 2.25. The second kappa shape index (κ2) is 3.07. The highest BCUT2D eigenvalue weighted by Crippen LogP contribution is 2.45. The number of rotatable bonds is 2. The van der Waals surface area contributed by atoms with E-state index in [1.807, 2.05) is 11.3 Å². The molecule has 0 amide bonds. The number of fused-ring (bicyclic) bond motifs is 1. The molecule has 1 aromatic heterocycles. The summed E-state index contributed by atoms with van der Waals surface area (Å²) < 4.78 is 1.41. The molecule has 1 nitrogen and oxygen atoms in total. The SMILES string of the molecule is NCc1ccc2sc(C3CC3)cc2c1. The average Bonchev–Trinajstić information content (AvgIpc) is 2.97. The van der Waals surface area contributed by atoms with Crippen molar-refractivity contribution in [1.29, 1.82) is 0 Å². The zero-order valence-corrected chi connectivity index (χ0v) is 8.81. The van der Waals surface area contributed by atoms with Gasteiger partial charge in [-0.3, -0.25) is 0 Å². The first-order valence-electron chi connectivity index (χ1n) is 5.09. The summed E-state index contributed by atoms with van der Waals surface area (Å²) in [7, 11) is 0. The van der Waals surface area contributed by atoms with Crippen molar-refractivity contribution in [3.8, 4) is 0 Å². The minimum absolute atomic E-state index is 0.643. The molecule has 1 aliphatic carbocycles. The van der Waals surface area contributed by atoms with Gasteiger partial charge in [-0.2, -0.15) is 0 Å². The Balaban J connectivity index is 2.12. The maximum atomic E-state index is 5.62. The van der Waals surface area contributed by atoms with E-state index in [1.165, 1.54) is 28.5 Å². The van der Waals surface area contributed by atoms with Gasteiger partial charge in [-0.25, -0.2) is 0 Å². The highest BCUT2D eigenvalue weighted by molar-refractivity contribution is 7.19. The van der Waals surface area contributed by atoms with Crippen LogP contribution in [-0.4, -0.2) is 0 Å². The zero-order chi connectivity index (χ0) is 9.54. The van der Waals surface area contributed by atoms with E-state index in [1.54, 1.807) is 4.88 Å². The third kappa shape index (κ3) is 1.35. The first-order valence-corrected chi connectivity index (χ1v) is 5.91. The molecule has 0 unspecified atom stereocenters. The molecule has 0 bridgehead atoms. The van der Waals surface area contributed by atoms with Gasteiger partial charge in [0.1, 0.15) is 0 Å². The summed E-state index contributed by atoms with van der Waals surface area (Å²) in [5.74, 6) is 0.869. The predicted octanol–water partition coefficient (Wildman–Crippen LogP) is 3.24. The Kier molecular flexibility index (Phi) is 1.85. The molecule has 1 heterocycles. The Labute approximate surface area is 87.5 Å². The second-order valence-electron chi connectivity index (χ2n) is 4.00. The van der Waals surface area contributed by atoms with Crippen LogP contribution in [0.2, 0.25) is 0 Å². The molecule has 1 fully saturated rings. The number of hydrogen-bond acceptors (Lipinski definition) is 2. The van der Waals surface area contributed by atoms with E-state index in [-0.39, 0.29) is 0 Å². The normalized spacial score (nSPS) is 16.4. The number of thiophene rings is 1. The fraction of sp³-hybridized carbons (Fsp3) is 0.333. The van der Waals surface area contributed by atoms with Crippen LogP contribution < -0.4 is 5.73 Å². The third-order valence-electron chi connectivity index (χ3n) is 2.82. The van der Waals surface area contributed by atoms with E-state index < -0.39 is 0 Å². The van der Waals surface area contributed by atoms with Gasteiger partial charge in [0.25, 0.3) is 0 Å². The van der Waals surface area contributed by atoms with Crippen molar-refractivity contribution < 1.29 is 0 Å². The van der Waals surface area contributed by atoms with Crippen LogP contribution in [0.5, 0.6) is 0 Å². The van der Waals surface area contributed by atoms with Crippen LogP contribution in [0.3, 0.4) is 0 Å². The molecule has 1 aliphatic rings. The van der Waals surface area contributed by atoms with Crippen LogP contribution in [0.15, 0.2) is 24.3 Å². The molecule has 72 valence electrons. The van der Waals surface area contributed by atoms with Crippen LogP contribution in [0.25, 0.3) is 10.1 Å². The Hall–Kier alpha value is -0.860. The topological polar surface area (TPSA) is 26.0 Å². The Morgan fingerprint density at radius 3 is 2.86 bits per heavy atom. The largest absolute Gasteiger partial charge is 0.326 e. The number of nitrogens with two attached hydrogens (primary N) is 1. The molecule has 2 aromatic rings. The summed E-state index contributed by atoms with van der Waals surface area (Å²) in [6, 6.07) is 8.90. The highest BCUT2D eigenvalue weighted by atomic mass is 32.1. The van der Waals surface area contributed by atoms with Gasteiger partial charge < -0.3 is 5.73 Å². The van der Waals surface area contributed by atoms with Crippen molar-refractivity contribution in [1.82, 2.24) is 0 Å². The molecular formula is C12H13NS. The van der Waals surface area contributed by atoms with E-state index >= 15 is 0 Å². The van der Waals surface area contributed by atoms with E-state index in [9.17, 15) is 0 Å². The van der Waals surface area contributed by atoms with Crippen molar-refractivity contribution in [3.05, 3.63) is 34.7 Å². The van der Waals surface area contributed by atoms with Gasteiger partial charge in [-0.05, 0) is 47.9 Å². The van der Waals surface area contributed by atoms with Crippen LogP contribution >= 0.6 is 11.3 Å². The maximum Gasteiger partial charge on any atom is 0.0345 e. The summed E-state index contributed by atoms with van der Waals surface area (Å²) in [5, 5.41) is 1.37. The van der Waals surface area contributed by atoms with Crippen LogP contribution in [0.4, 0.5) is 0 Å². The molecule has 3 rings (SSSR count). The van der Waals surface area contributed by atoms with Crippen LogP contribution in [0.1, 0.15) is 29.2 Å². The van der Waals surface area contributed by atoms with E-state index in [0.29, 0.717) is 6.54 Å². The lowest BCUT2D eigenvalue weighted by molar-refractivity contribution is 1.08. The van der Waals surface area contributed by atoms with E-state index in [0.717, 1.165) is 5.92 Å². The lowest BCUT2D eigenvalue weighted by atomic mass is 10.1. The molecule has 0 saturated heterocycles. The lowest BCUT2D eigenvalue weighted by Gasteiger charge is -1.94. The van der Waals surface area contributed by atoms with Gasteiger partial charge in [0, 0.05) is 16.1 Å². The molecule has 2 N–H and O–H groups in total. The molecule has 0 atom stereocenters. The molecule has 0 radical (unpaired) electrons. The number of benzene rings is 1. The van der Waals surface area contributed by atoms with Gasteiger partial charge >= 0.3 is 0 Å². The summed E-state index contributed by atoms with van der Waals surface area (Å²) in [6.45, 7) is 0.643. The number of hydrogen-bond donors (Lipinski definition) is 1. The van der Waals surface area contributed by atoms with Crippen molar-refractivity contribution in [3.63, 3.8) is 0 Å². The minimum atomic E-state index is 0.643. The maximum absolute atomic E-state index is 5.62. The van der Waals surface area contributed by atoms with Crippen LogP contribution in [0, 0.1) is 0 Å². The Morgan fingerprint density at radius 2 is 2.14 bits per heavy atom. The Bertz CT molecular complexity index is 468. The first kappa shape index (κ1) is 8.45. The van der Waals surface area contributed by atoms with Gasteiger partial charge in [0.15, 0.2) is 0 Å². The first-order chi connectivity index (χ1) is 6.86. The fourth-order valence-electron chi connectivity index (χ4n) is 1.81. The molecule has 14 heavy (non-hydrogen) atoms. The van der Waals surface area contributed by atoms with Crippen molar-refractivity contribution in [2.75, 3.05) is 0 Å². The fourth-order valence-corrected chi connectivity index (χ4v) is 3.02. The van der Waals surface area contributed by atoms with Crippen molar-refractivity contribution in [2.24, 2.45) is 5.73 Å². The minimum Gasteiger partial charge on any atom is -0.326 e. The molecule has 1 saturated carbocycles. The second-order valence-corrected chi connectivity index (χ2v) is 5.11. The monoisotopic (exact) mass is 203 g/mol. The summed E-state index contributed by atoms with van der Waals surface area (Å²) in [4.78, 5) is 1.56. The third-order valence-corrected chi connectivity index (χ3v) is 4.09. The lowest BCUT2D eigenvalue weighted by Crippen LogP contribution is -1.94.